The molecule has 3 N–H and O–H groups in total. The summed E-state index contributed by atoms with van der Waals surface area (Å²) in [6, 6.07) is 5.32. The quantitative estimate of drug-likeness (QED) is 0.636. The number of benzene rings is 1. The second-order valence-electron chi connectivity index (χ2n) is 5.26. The van der Waals surface area contributed by atoms with Gasteiger partial charge >= 0.3 is 6.18 Å². The van der Waals surface area contributed by atoms with Crippen LogP contribution in [0.5, 0.6) is 0 Å². The molecular formula is C14H17F3N2. The summed E-state index contributed by atoms with van der Waals surface area (Å²) in [5.41, 5.74) is 5.49. The average molecular weight is 270 g/mol. The van der Waals surface area contributed by atoms with E-state index in [0.717, 1.165) is 43.4 Å². The first-order valence-electron chi connectivity index (χ1n) is 6.34. The van der Waals surface area contributed by atoms with Crippen molar-refractivity contribution in [3.8, 4) is 0 Å². The van der Waals surface area contributed by atoms with Crippen LogP contribution in [0.25, 0.3) is 0 Å². The van der Waals surface area contributed by atoms with E-state index in [0.29, 0.717) is 6.42 Å². The highest BCUT2D eigenvalue weighted by molar-refractivity contribution is 5.78. The Balaban J connectivity index is 2.31. The number of nitrogens with two attached hydrogens (primary N) is 1. The lowest BCUT2D eigenvalue weighted by molar-refractivity contribution is -0.137. The Morgan fingerprint density at radius 2 is 1.68 bits per heavy atom. The maximum atomic E-state index is 12.5. The normalized spacial score (nSPS) is 18.5. The first-order valence-corrected chi connectivity index (χ1v) is 6.34. The topological polar surface area (TPSA) is 49.9 Å². The summed E-state index contributed by atoms with van der Waals surface area (Å²) in [4.78, 5) is 0. The number of rotatable bonds is 3. The zero-order valence-electron chi connectivity index (χ0n) is 10.6. The third-order valence-electron chi connectivity index (χ3n) is 3.91. The molecule has 0 aromatic heterocycles. The molecule has 0 radical (unpaired) electrons. The Morgan fingerprint density at radius 1 is 1.16 bits per heavy atom. The number of halogens is 3. The van der Waals surface area contributed by atoms with Crippen LogP contribution in [-0.4, -0.2) is 5.84 Å². The highest BCUT2D eigenvalue weighted by Crippen LogP contribution is 2.44. The minimum Gasteiger partial charge on any atom is -0.388 e. The van der Waals surface area contributed by atoms with E-state index < -0.39 is 11.7 Å². The molecule has 2 rings (SSSR count). The number of nitrogens with one attached hydrogen (secondary N) is 1. The van der Waals surface area contributed by atoms with Crippen LogP contribution in [0.1, 0.15) is 43.2 Å². The van der Waals surface area contributed by atoms with Crippen LogP contribution in [-0.2, 0) is 11.6 Å². The summed E-state index contributed by atoms with van der Waals surface area (Å²) in [5.74, 6) is 0.0989. The molecule has 5 heteroatoms. The Labute approximate surface area is 110 Å². The van der Waals surface area contributed by atoms with Crippen LogP contribution < -0.4 is 5.73 Å². The number of amidine groups is 1. The fraction of sp³-hybridized carbons (Fsp3) is 0.500. The molecule has 104 valence electrons. The molecule has 2 nitrogen and oxygen atoms in total. The van der Waals surface area contributed by atoms with Crippen LogP contribution in [0.2, 0.25) is 0 Å². The van der Waals surface area contributed by atoms with E-state index in [4.69, 9.17) is 11.1 Å². The van der Waals surface area contributed by atoms with Crippen LogP contribution in [0.3, 0.4) is 0 Å². The Bertz CT molecular complexity index is 457. The van der Waals surface area contributed by atoms with Gasteiger partial charge in [0, 0.05) is 11.8 Å². The standard InChI is InChI=1S/C14H17F3N2/c15-14(16,17)11-5-3-10(4-6-11)13(9-12(18)19)7-1-2-8-13/h3-6H,1-2,7-9H2,(H3,18,19). The van der Waals surface area contributed by atoms with Gasteiger partial charge < -0.3 is 5.73 Å². The van der Waals surface area contributed by atoms with Gasteiger partial charge in [-0.1, -0.05) is 25.0 Å². The maximum Gasteiger partial charge on any atom is 0.416 e. The van der Waals surface area contributed by atoms with E-state index in [9.17, 15) is 13.2 Å². The molecule has 0 atom stereocenters. The smallest absolute Gasteiger partial charge is 0.388 e. The molecular weight excluding hydrogens is 253 g/mol. The van der Waals surface area contributed by atoms with Crippen molar-refractivity contribution in [1.29, 1.82) is 5.41 Å². The van der Waals surface area contributed by atoms with E-state index in [-0.39, 0.29) is 11.3 Å². The van der Waals surface area contributed by atoms with Gasteiger partial charge in [0.15, 0.2) is 0 Å². The monoisotopic (exact) mass is 270 g/mol. The fourth-order valence-corrected chi connectivity index (χ4v) is 3.00. The van der Waals surface area contributed by atoms with E-state index in [2.05, 4.69) is 0 Å². The summed E-state index contributed by atoms with van der Waals surface area (Å²) in [6.45, 7) is 0. The molecule has 0 spiro atoms. The van der Waals surface area contributed by atoms with Gasteiger partial charge in [-0.25, -0.2) is 0 Å². The molecule has 1 aromatic rings. The minimum atomic E-state index is -4.30. The molecule has 1 aromatic carbocycles. The van der Waals surface area contributed by atoms with Gasteiger partial charge in [-0.2, -0.15) is 13.2 Å². The van der Waals surface area contributed by atoms with E-state index >= 15 is 0 Å². The van der Waals surface area contributed by atoms with E-state index in [1.807, 2.05) is 0 Å². The SMILES string of the molecule is N=C(N)CC1(c2ccc(C(F)(F)F)cc2)CCCC1. The van der Waals surface area contributed by atoms with Crippen LogP contribution >= 0.6 is 0 Å². The van der Waals surface area contributed by atoms with Gasteiger partial charge in [-0.05, 0) is 30.5 Å². The van der Waals surface area contributed by atoms with Crippen LogP contribution in [0.15, 0.2) is 24.3 Å². The molecule has 0 bridgehead atoms. The zero-order chi connectivity index (χ0) is 14.1. The predicted octanol–water partition coefficient (Wildman–Crippen LogP) is 3.84. The minimum absolute atomic E-state index is 0.0989. The molecule has 0 amide bonds. The van der Waals surface area contributed by atoms with Crippen molar-refractivity contribution in [3.63, 3.8) is 0 Å². The van der Waals surface area contributed by atoms with Crippen LogP contribution in [0, 0.1) is 5.41 Å². The molecule has 1 fully saturated rings. The first kappa shape index (κ1) is 13.9. The lowest BCUT2D eigenvalue weighted by Gasteiger charge is -2.29. The molecule has 1 aliphatic rings. The summed E-state index contributed by atoms with van der Waals surface area (Å²) in [7, 11) is 0. The van der Waals surface area contributed by atoms with Gasteiger partial charge in [0.05, 0.1) is 11.4 Å². The summed E-state index contributed by atoms with van der Waals surface area (Å²) >= 11 is 0. The third kappa shape index (κ3) is 2.91. The van der Waals surface area contributed by atoms with Gasteiger partial charge in [0.1, 0.15) is 0 Å². The zero-order valence-corrected chi connectivity index (χ0v) is 10.6. The van der Waals surface area contributed by atoms with Gasteiger partial charge in [0.2, 0.25) is 0 Å². The maximum absolute atomic E-state index is 12.5. The van der Waals surface area contributed by atoms with Crippen molar-refractivity contribution < 1.29 is 13.2 Å². The van der Waals surface area contributed by atoms with Gasteiger partial charge in [-0.15, -0.1) is 0 Å². The lowest BCUT2D eigenvalue weighted by Crippen LogP contribution is -2.29. The second-order valence-corrected chi connectivity index (χ2v) is 5.26. The van der Waals surface area contributed by atoms with Crippen molar-refractivity contribution in [2.45, 2.75) is 43.7 Å². The average Bonchev–Trinajstić information content (AvgIpc) is 2.77. The van der Waals surface area contributed by atoms with Crippen molar-refractivity contribution in [2.75, 3.05) is 0 Å². The molecule has 1 aliphatic carbocycles. The Kier molecular flexibility index (Phi) is 3.56. The van der Waals surface area contributed by atoms with Crippen molar-refractivity contribution in [1.82, 2.24) is 0 Å². The molecule has 0 heterocycles. The van der Waals surface area contributed by atoms with Crippen molar-refractivity contribution in [2.24, 2.45) is 5.73 Å². The summed E-state index contributed by atoms with van der Waals surface area (Å²) in [5, 5.41) is 7.47. The molecule has 1 saturated carbocycles. The first-order chi connectivity index (χ1) is 8.83. The fourth-order valence-electron chi connectivity index (χ4n) is 3.00. The van der Waals surface area contributed by atoms with Crippen molar-refractivity contribution in [3.05, 3.63) is 35.4 Å². The second kappa shape index (κ2) is 4.87. The van der Waals surface area contributed by atoms with E-state index in [1.54, 1.807) is 0 Å². The summed E-state index contributed by atoms with van der Waals surface area (Å²) < 4.78 is 37.6. The highest BCUT2D eigenvalue weighted by Gasteiger charge is 2.37. The van der Waals surface area contributed by atoms with Gasteiger partial charge in [0.25, 0.3) is 0 Å². The predicted molar refractivity (Wildman–Crippen MR) is 68.1 cm³/mol. The lowest BCUT2D eigenvalue weighted by atomic mass is 9.75. The highest BCUT2D eigenvalue weighted by atomic mass is 19.4. The Hall–Kier alpha value is -1.52. The summed E-state index contributed by atoms with van der Waals surface area (Å²) in [6.07, 6.45) is -0.0290. The van der Waals surface area contributed by atoms with Crippen molar-refractivity contribution >= 4 is 5.84 Å². The molecule has 0 unspecified atom stereocenters. The largest absolute Gasteiger partial charge is 0.416 e. The van der Waals surface area contributed by atoms with Gasteiger partial charge in [-0.3, -0.25) is 5.41 Å². The van der Waals surface area contributed by atoms with Crippen LogP contribution in [0.4, 0.5) is 13.2 Å². The number of hydrogen-bond donors (Lipinski definition) is 2. The number of alkyl halides is 3. The Morgan fingerprint density at radius 3 is 2.11 bits per heavy atom. The number of hydrogen-bond acceptors (Lipinski definition) is 1. The molecule has 19 heavy (non-hydrogen) atoms. The van der Waals surface area contributed by atoms with E-state index in [1.165, 1.54) is 12.1 Å². The molecule has 0 saturated heterocycles. The third-order valence-corrected chi connectivity index (χ3v) is 3.91. The molecule has 0 aliphatic heterocycles.